The van der Waals surface area contributed by atoms with Gasteiger partial charge in [0, 0.05) is 12.2 Å². The molecule has 2 N–H and O–H groups in total. The van der Waals surface area contributed by atoms with Crippen molar-refractivity contribution in [3.8, 4) is 22.9 Å². The van der Waals surface area contributed by atoms with Crippen LogP contribution in [0.3, 0.4) is 0 Å². The first kappa shape index (κ1) is 20.8. The minimum absolute atomic E-state index is 0.107. The smallest absolute Gasteiger partial charge is 0.234 e. The maximum atomic E-state index is 12.3. The Balaban J connectivity index is 1.72. The number of allylic oxidation sites excluding steroid dienone is 1. The first-order chi connectivity index (χ1) is 14.0. The molecule has 0 atom stereocenters. The van der Waals surface area contributed by atoms with Crippen LogP contribution in [0.2, 0.25) is 5.02 Å². The second-order valence-corrected chi connectivity index (χ2v) is 7.26. The molecule has 0 fully saturated rings. The molecule has 3 aromatic rings. The fraction of sp³-hybridized carbons (Fsp3) is 0.150. The molecule has 0 unspecified atom stereocenters. The number of hydrogen-bond donors (Lipinski definition) is 2. The molecule has 1 amide bonds. The number of ether oxygens (including phenoxy) is 1. The van der Waals surface area contributed by atoms with Crippen LogP contribution in [0.25, 0.3) is 11.4 Å². The molecular weight excluding hydrogens is 412 g/mol. The maximum Gasteiger partial charge on any atom is 0.234 e. The Labute approximate surface area is 177 Å². The van der Waals surface area contributed by atoms with Crippen molar-refractivity contribution in [2.75, 3.05) is 18.2 Å². The summed E-state index contributed by atoms with van der Waals surface area (Å²) in [5.74, 6) is 1.06. The first-order valence-corrected chi connectivity index (χ1v) is 9.98. The minimum Gasteiger partial charge on any atom is -0.507 e. The molecule has 0 saturated carbocycles. The predicted octanol–water partition coefficient (Wildman–Crippen LogP) is 4.23. The van der Waals surface area contributed by atoms with Crippen molar-refractivity contribution in [3.05, 3.63) is 60.1 Å². The van der Waals surface area contributed by atoms with E-state index in [1.807, 2.05) is 6.07 Å². The van der Waals surface area contributed by atoms with Crippen LogP contribution in [0, 0.1) is 0 Å². The Morgan fingerprint density at radius 1 is 1.34 bits per heavy atom. The third kappa shape index (κ3) is 4.90. The summed E-state index contributed by atoms with van der Waals surface area (Å²) in [7, 11) is 1.53. The van der Waals surface area contributed by atoms with Gasteiger partial charge in [0.25, 0.3) is 0 Å². The number of carbonyl (C=O) groups excluding carboxylic acids is 1. The highest BCUT2D eigenvalue weighted by Crippen LogP contribution is 2.30. The second kappa shape index (κ2) is 9.49. The van der Waals surface area contributed by atoms with Crippen LogP contribution in [0.1, 0.15) is 0 Å². The molecular formula is C20H19ClN4O3S. The van der Waals surface area contributed by atoms with Gasteiger partial charge in [-0.05, 0) is 30.3 Å². The highest BCUT2D eigenvalue weighted by molar-refractivity contribution is 7.99. The zero-order chi connectivity index (χ0) is 20.8. The van der Waals surface area contributed by atoms with Gasteiger partial charge in [-0.1, -0.05) is 41.6 Å². The van der Waals surface area contributed by atoms with E-state index >= 15 is 0 Å². The molecule has 0 aliphatic heterocycles. The number of para-hydroxylation sites is 1. The molecule has 29 heavy (non-hydrogen) atoms. The summed E-state index contributed by atoms with van der Waals surface area (Å²) in [6.45, 7) is 4.20. The van der Waals surface area contributed by atoms with Crippen molar-refractivity contribution >= 4 is 35.0 Å². The summed E-state index contributed by atoms with van der Waals surface area (Å²) in [5, 5.41) is 22.2. The SMILES string of the molecule is C=CCn1c(SCC(=O)Nc2ccc(OC)c(Cl)c2)nnc1-c1ccccc1O. The van der Waals surface area contributed by atoms with Crippen molar-refractivity contribution in [3.63, 3.8) is 0 Å². The second-order valence-electron chi connectivity index (χ2n) is 5.91. The summed E-state index contributed by atoms with van der Waals surface area (Å²) >= 11 is 7.32. The van der Waals surface area contributed by atoms with Gasteiger partial charge in [-0.3, -0.25) is 9.36 Å². The number of aromatic nitrogens is 3. The zero-order valence-electron chi connectivity index (χ0n) is 15.6. The molecule has 0 spiro atoms. The Hall–Kier alpha value is -2.97. The van der Waals surface area contributed by atoms with Crippen LogP contribution >= 0.6 is 23.4 Å². The van der Waals surface area contributed by atoms with Gasteiger partial charge in [0.15, 0.2) is 11.0 Å². The Bertz CT molecular complexity index is 1040. The number of nitrogens with zero attached hydrogens (tertiary/aromatic N) is 3. The maximum absolute atomic E-state index is 12.3. The third-order valence-corrected chi connectivity index (χ3v) is 5.20. The van der Waals surface area contributed by atoms with E-state index in [4.69, 9.17) is 16.3 Å². The normalized spacial score (nSPS) is 10.6. The van der Waals surface area contributed by atoms with E-state index in [1.54, 1.807) is 47.0 Å². The third-order valence-electron chi connectivity index (χ3n) is 3.94. The lowest BCUT2D eigenvalue weighted by Gasteiger charge is -2.10. The summed E-state index contributed by atoms with van der Waals surface area (Å²) in [6, 6.07) is 11.9. The Kier molecular flexibility index (Phi) is 6.79. The van der Waals surface area contributed by atoms with E-state index < -0.39 is 0 Å². The molecule has 150 valence electrons. The molecule has 2 aromatic carbocycles. The molecule has 0 aliphatic rings. The summed E-state index contributed by atoms with van der Waals surface area (Å²) in [6.07, 6.45) is 1.70. The van der Waals surface area contributed by atoms with E-state index in [-0.39, 0.29) is 17.4 Å². The van der Waals surface area contributed by atoms with Crippen molar-refractivity contribution in [2.24, 2.45) is 0 Å². The van der Waals surface area contributed by atoms with Gasteiger partial charge in [0.1, 0.15) is 11.5 Å². The van der Waals surface area contributed by atoms with Gasteiger partial charge < -0.3 is 15.2 Å². The van der Waals surface area contributed by atoms with Crippen molar-refractivity contribution in [1.82, 2.24) is 14.8 Å². The number of amides is 1. The summed E-state index contributed by atoms with van der Waals surface area (Å²) in [5.41, 5.74) is 1.13. The van der Waals surface area contributed by atoms with Crippen molar-refractivity contribution < 1.29 is 14.6 Å². The molecule has 0 radical (unpaired) electrons. The number of carbonyl (C=O) groups is 1. The number of benzene rings is 2. The van der Waals surface area contributed by atoms with E-state index in [0.29, 0.717) is 39.5 Å². The number of halogens is 1. The monoisotopic (exact) mass is 430 g/mol. The fourth-order valence-electron chi connectivity index (χ4n) is 2.62. The standard InChI is InChI=1S/C20H19ClN4O3S/c1-3-10-25-19(14-6-4-5-7-16(14)26)23-24-20(25)29-12-18(27)22-13-8-9-17(28-2)15(21)11-13/h3-9,11,26H,1,10,12H2,2H3,(H,22,27). The molecule has 1 heterocycles. The number of rotatable bonds is 8. The van der Waals surface area contributed by atoms with E-state index in [2.05, 4.69) is 22.1 Å². The molecule has 1 aromatic heterocycles. The van der Waals surface area contributed by atoms with Crippen LogP contribution in [0.4, 0.5) is 5.69 Å². The molecule has 7 nitrogen and oxygen atoms in total. The zero-order valence-corrected chi connectivity index (χ0v) is 17.2. The number of anilines is 1. The molecule has 3 rings (SSSR count). The molecule has 0 bridgehead atoms. The van der Waals surface area contributed by atoms with Crippen molar-refractivity contribution in [1.29, 1.82) is 0 Å². The quantitative estimate of drug-likeness (QED) is 0.410. The van der Waals surface area contributed by atoms with E-state index in [9.17, 15) is 9.90 Å². The average Bonchev–Trinajstić information content (AvgIpc) is 3.10. The number of phenolic OH excluding ortho intramolecular Hbond substituents is 1. The van der Waals surface area contributed by atoms with Crippen LogP contribution in [0.5, 0.6) is 11.5 Å². The van der Waals surface area contributed by atoms with Crippen LogP contribution < -0.4 is 10.1 Å². The first-order valence-electron chi connectivity index (χ1n) is 8.62. The van der Waals surface area contributed by atoms with Crippen molar-refractivity contribution in [2.45, 2.75) is 11.7 Å². The number of hydrogen-bond acceptors (Lipinski definition) is 6. The van der Waals surface area contributed by atoms with E-state index in [1.165, 1.54) is 18.9 Å². The lowest BCUT2D eigenvalue weighted by molar-refractivity contribution is -0.113. The van der Waals surface area contributed by atoms with Gasteiger partial charge in [-0.25, -0.2) is 0 Å². The molecule has 0 saturated heterocycles. The summed E-state index contributed by atoms with van der Waals surface area (Å²) < 4.78 is 6.90. The number of phenols is 1. The van der Waals surface area contributed by atoms with Crippen LogP contribution in [-0.2, 0) is 11.3 Å². The summed E-state index contributed by atoms with van der Waals surface area (Å²) in [4.78, 5) is 12.3. The average molecular weight is 431 g/mol. The predicted molar refractivity (Wildman–Crippen MR) is 115 cm³/mol. The topological polar surface area (TPSA) is 89.3 Å². The van der Waals surface area contributed by atoms with Gasteiger partial charge in [0.2, 0.25) is 5.91 Å². The van der Waals surface area contributed by atoms with Gasteiger partial charge >= 0.3 is 0 Å². The number of methoxy groups -OCH3 is 1. The largest absolute Gasteiger partial charge is 0.507 e. The number of thioether (sulfide) groups is 1. The van der Waals surface area contributed by atoms with E-state index in [0.717, 1.165) is 0 Å². The lowest BCUT2D eigenvalue weighted by atomic mass is 10.2. The van der Waals surface area contributed by atoms with Crippen LogP contribution in [-0.4, -0.2) is 38.6 Å². The minimum atomic E-state index is -0.214. The molecule has 0 aliphatic carbocycles. The van der Waals surface area contributed by atoms with Crippen LogP contribution in [0.15, 0.2) is 60.3 Å². The Morgan fingerprint density at radius 3 is 2.83 bits per heavy atom. The van der Waals surface area contributed by atoms with Gasteiger partial charge in [0.05, 0.1) is 23.4 Å². The van der Waals surface area contributed by atoms with Gasteiger partial charge in [-0.15, -0.1) is 16.8 Å². The number of nitrogens with one attached hydrogen (secondary N) is 1. The highest BCUT2D eigenvalue weighted by Gasteiger charge is 2.17. The molecule has 9 heteroatoms. The lowest BCUT2D eigenvalue weighted by Crippen LogP contribution is -2.14. The van der Waals surface area contributed by atoms with Gasteiger partial charge in [-0.2, -0.15) is 0 Å². The number of aromatic hydroxyl groups is 1. The Morgan fingerprint density at radius 2 is 2.14 bits per heavy atom. The fourth-order valence-corrected chi connectivity index (χ4v) is 3.63. The highest BCUT2D eigenvalue weighted by atomic mass is 35.5.